The molecule has 0 spiro atoms. The number of hydrogen-bond donors (Lipinski definition) is 3. The van der Waals surface area contributed by atoms with E-state index in [1.807, 2.05) is 26.8 Å². The Labute approximate surface area is 247 Å². The number of aldehydes is 1. The predicted octanol–water partition coefficient (Wildman–Crippen LogP) is 6.86. The first-order valence-corrected chi connectivity index (χ1v) is 14.2. The molecule has 8 nitrogen and oxygen atoms in total. The Morgan fingerprint density at radius 3 is 2.17 bits per heavy atom. The monoisotopic (exact) mass is 583 g/mol. The Hall–Kier alpha value is -3.59. The first kappa shape index (κ1) is 35.4. The van der Waals surface area contributed by atoms with Crippen molar-refractivity contribution in [3.63, 3.8) is 0 Å². The third-order valence-corrected chi connectivity index (χ3v) is 6.19. The van der Waals surface area contributed by atoms with E-state index in [1.165, 1.54) is 19.9 Å². The number of carbonyl (C=O) groups is 1. The fourth-order valence-electron chi connectivity index (χ4n) is 3.49. The van der Waals surface area contributed by atoms with Crippen LogP contribution in [0.4, 0.5) is 11.4 Å². The molecule has 1 aromatic heterocycles. The molecule has 0 unspecified atom stereocenters. The van der Waals surface area contributed by atoms with Crippen molar-refractivity contribution < 1.29 is 14.6 Å². The van der Waals surface area contributed by atoms with Gasteiger partial charge in [-0.2, -0.15) is 0 Å². The molecule has 41 heavy (non-hydrogen) atoms. The van der Waals surface area contributed by atoms with Gasteiger partial charge in [0, 0.05) is 35.4 Å². The number of pyridine rings is 1. The van der Waals surface area contributed by atoms with Crippen molar-refractivity contribution in [2.24, 2.45) is 5.73 Å². The number of carbonyl (C=O) groups excluding carboxylic acids is 1. The van der Waals surface area contributed by atoms with Crippen molar-refractivity contribution in [3.8, 4) is 11.5 Å². The number of aliphatic hydroxyl groups is 1. The molecule has 0 aliphatic heterocycles. The van der Waals surface area contributed by atoms with Gasteiger partial charge in [0.15, 0.2) is 0 Å². The summed E-state index contributed by atoms with van der Waals surface area (Å²) in [6, 6.07) is 10.3. The lowest BCUT2D eigenvalue weighted by Gasteiger charge is -2.15. The predicted molar refractivity (Wildman–Crippen MR) is 170 cm³/mol. The van der Waals surface area contributed by atoms with E-state index < -0.39 is 10.9 Å². The lowest BCUT2D eigenvalue weighted by Crippen LogP contribution is -2.37. The third kappa shape index (κ3) is 9.78. The van der Waals surface area contributed by atoms with Gasteiger partial charge in [-0.25, -0.2) is 0 Å². The molecule has 0 aliphatic carbocycles. The number of nitrogens with zero attached hydrogens (tertiary/aromatic N) is 1. The minimum absolute atomic E-state index is 0.305. The normalized spacial score (nSPS) is 9.98. The lowest BCUT2D eigenvalue weighted by atomic mass is 10.0. The van der Waals surface area contributed by atoms with Crippen LogP contribution in [0.2, 0.25) is 5.02 Å². The second-order valence-corrected chi connectivity index (χ2v) is 9.41. The van der Waals surface area contributed by atoms with Gasteiger partial charge in [0.2, 0.25) is 10.9 Å². The molecule has 0 aliphatic rings. The smallest absolute Gasteiger partial charge is 0.249 e. The quantitative estimate of drug-likeness (QED) is 0.144. The molecular formula is C32H42ClN3O5. The van der Waals surface area contributed by atoms with Crippen molar-refractivity contribution in [2.45, 2.75) is 66.7 Å². The SMILES string of the molecule is CCCC.CCCO.CCCc1c(Nc2ccc(Oc3ccnc4cc(C)c(C=O)cc34)cc2Cl)c(=O)c1=O.CN. The number of ether oxygens (including phenoxy) is 1. The number of aromatic nitrogens is 1. The molecule has 3 aromatic carbocycles. The molecule has 4 aromatic rings. The zero-order valence-corrected chi connectivity index (χ0v) is 25.6. The standard InChI is InChI=1S/C24H19ClN2O4.C4H10.C3H8O.CH5N/c1-3-4-16-22(24(30)23(16)29)27-19-6-5-15(11-18(19)25)31-21-7-8-26-20-9-13(2)14(12-28)10-17(20)21;1-3-4-2;1-2-3-4;1-2/h5-12,27H,3-4H2,1-2H3;3-4H2,1-2H3;4H,2-3H2,1H3;2H2,1H3. The van der Waals surface area contributed by atoms with Crippen molar-refractivity contribution in [1.29, 1.82) is 0 Å². The van der Waals surface area contributed by atoms with Crippen molar-refractivity contribution in [2.75, 3.05) is 19.0 Å². The van der Waals surface area contributed by atoms with E-state index in [9.17, 15) is 14.4 Å². The Bertz CT molecular complexity index is 1450. The molecule has 0 saturated carbocycles. The van der Waals surface area contributed by atoms with Crippen LogP contribution in [0.25, 0.3) is 10.9 Å². The number of unbranched alkanes of at least 4 members (excludes halogenated alkanes) is 1. The zero-order valence-electron chi connectivity index (χ0n) is 24.8. The number of aryl methyl sites for hydroxylation is 1. The number of nitrogens with one attached hydrogen (secondary N) is 1. The van der Waals surface area contributed by atoms with E-state index in [4.69, 9.17) is 21.4 Å². The highest BCUT2D eigenvalue weighted by molar-refractivity contribution is 6.33. The molecule has 0 radical (unpaired) electrons. The summed E-state index contributed by atoms with van der Waals surface area (Å²) in [7, 11) is 1.50. The molecule has 1 heterocycles. The fraction of sp³-hybridized carbons (Fsp3) is 0.375. The van der Waals surface area contributed by atoms with Gasteiger partial charge in [0.1, 0.15) is 17.8 Å². The van der Waals surface area contributed by atoms with Crippen LogP contribution in [0.5, 0.6) is 11.5 Å². The highest BCUT2D eigenvalue weighted by Gasteiger charge is 2.20. The number of rotatable bonds is 9. The molecule has 0 fully saturated rings. The van der Waals surface area contributed by atoms with E-state index in [1.54, 1.807) is 36.5 Å². The van der Waals surface area contributed by atoms with Gasteiger partial charge in [-0.3, -0.25) is 19.4 Å². The maximum atomic E-state index is 11.9. The Balaban J connectivity index is 0.000000735. The summed E-state index contributed by atoms with van der Waals surface area (Å²) in [5, 5.41) is 11.9. The molecule has 9 heteroatoms. The number of fused-ring (bicyclic) bond motifs is 1. The van der Waals surface area contributed by atoms with E-state index in [0.29, 0.717) is 63.0 Å². The summed E-state index contributed by atoms with van der Waals surface area (Å²) in [5.74, 6) is 1.02. The summed E-state index contributed by atoms with van der Waals surface area (Å²) < 4.78 is 6.01. The number of halogens is 1. The zero-order chi connectivity index (χ0) is 30.9. The van der Waals surface area contributed by atoms with Gasteiger partial charge in [-0.1, -0.05) is 58.6 Å². The van der Waals surface area contributed by atoms with Gasteiger partial charge in [-0.05, 0) is 62.7 Å². The molecule has 4 N–H and O–H groups in total. The second-order valence-electron chi connectivity index (χ2n) is 9.01. The van der Waals surface area contributed by atoms with Crippen LogP contribution < -0.4 is 26.6 Å². The number of hydrogen-bond acceptors (Lipinski definition) is 8. The van der Waals surface area contributed by atoms with Crippen LogP contribution >= 0.6 is 11.6 Å². The van der Waals surface area contributed by atoms with Crippen LogP contribution in [-0.2, 0) is 6.42 Å². The Kier molecular flexibility index (Phi) is 16.2. The lowest BCUT2D eigenvalue weighted by molar-refractivity contribution is 0.112. The Morgan fingerprint density at radius 1 is 0.976 bits per heavy atom. The van der Waals surface area contributed by atoms with E-state index in [-0.39, 0.29) is 0 Å². The summed E-state index contributed by atoms with van der Waals surface area (Å²) in [6.45, 7) is 10.4. The van der Waals surface area contributed by atoms with E-state index in [2.05, 4.69) is 29.9 Å². The maximum Gasteiger partial charge on any atom is 0.249 e. The van der Waals surface area contributed by atoms with Crippen LogP contribution in [0, 0.1) is 6.92 Å². The van der Waals surface area contributed by atoms with E-state index in [0.717, 1.165) is 24.7 Å². The highest BCUT2D eigenvalue weighted by Crippen LogP contribution is 2.34. The summed E-state index contributed by atoms with van der Waals surface area (Å²) in [5.41, 5.74) is 6.99. The summed E-state index contributed by atoms with van der Waals surface area (Å²) >= 11 is 6.40. The largest absolute Gasteiger partial charge is 0.457 e. The van der Waals surface area contributed by atoms with Crippen LogP contribution in [0.15, 0.2) is 52.2 Å². The highest BCUT2D eigenvalue weighted by atomic mass is 35.5. The molecule has 0 atom stereocenters. The minimum Gasteiger partial charge on any atom is -0.457 e. The van der Waals surface area contributed by atoms with Gasteiger partial charge >= 0.3 is 0 Å². The number of aliphatic hydroxyl groups excluding tert-OH is 1. The topological polar surface area (TPSA) is 132 Å². The van der Waals surface area contributed by atoms with Crippen LogP contribution in [0.1, 0.15) is 74.9 Å². The molecule has 0 amide bonds. The summed E-state index contributed by atoms with van der Waals surface area (Å²) in [4.78, 5) is 39.3. The van der Waals surface area contributed by atoms with Crippen molar-refractivity contribution in [3.05, 3.63) is 84.8 Å². The van der Waals surface area contributed by atoms with Gasteiger partial charge < -0.3 is 20.9 Å². The first-order chi connectivity index (χ1) is 19.8. The van der Waals surface area contributed by atoms with Gasteiger partial charge in [0.25, 0.3) is 0 Å². The van der Waals surface area contributed by atoms with Crippen LogP contribution in [-0.4, -0.2) is 30.0 Å². The van der Waals surface area contributed by atoms with Crippen molar-refractivity contribution >= 4 is 40.2 Å². The first-order valence-electron chi connectivity index (χ1n) is 13.9. The molecule has 222 valence electrons. The van der Waals surface area contributed by atoms with Gasteiger partial charge in [-0.15, -0.1) is 0 Å². The fourth-order valence-corrected chi connectivity index (χ4v) is 3.70. The number of nitrogens with two attached hydrogens (primary N) is 1. The molecule has 4 rings (SSSR count). The van der Waals surface area contributed by atoms with Crippen molar-refractivity contribution in [1.82, 2.24) is 4.98 Å². The molecule has 0 bridgehead atoms. The second kappa shape index (κ2) is 18.7. The van der Waals surface area contributed by atoms with Crippen LogP contribution in [0.3, 0.4) is 0 Å². The maximum absolute atomic E-state index is 11.9. The third-order valence-electron chi connectivity index (χ3n) is 5.88. The average molecular weight is 584 g/mol. The number of anilines is 2. The average Bonchev–Trinajstić information content (AvgIpc) is 3.00. The number of benzene rings is 2. The Morgan fingerprint density at radius 2 is 1.63 bits per heavy atom. The molecule has 0 saturated heterocycles. The van der Waals surface area contributed by atoms with E-state index >= 15 is 0 Å². The summed E-state index contributed by atoms with van der Waals surface area (Å²) in [6.07, 6.45) is 7.27. The minimum atomic E-state index is -0.524. The van der Waals surface area contributed by atoms with Gasteiger partial charge in [0.05, 0.1) is 21.9 Å². The molecular weight excluding hydrogens is 542 g/mol.